The van der Waals surface area contributed by atoms with Crippen LogP contribution in [0.3, 0.4) is 0 Å². The van der Waals surface area contributed by atoms with Crippen molar-refractivity contribution in [3.63, 3.8) is 0 Å². The molecule has 0 spiro atoms. The van der Waals surface area contributed by atoms with Crippen LogP contribution in [0.5, 0.6) is 17.2 Å². The molecule has 2 aromatic carbocycles. The largest absolute Gasteiger partial charge is 0.497 e. The zero-order valence-corrected chi connectivity index (χ0v) is 18.4. The molecule has 3 N–H and O–H groups in total. The zero-order valence-electron chi connectivity index (χ0n) is 17.6. The van der Waals surface area contributed by atoms with Gasteiger partial charge in [-0.05, 0) is 29.2 Å². The van der Waals surface area contributed by atoms with Gasteiger partial charge < -0.3 is 19.5 Å². The second kappa shape index (κ2) is 7.81. The number of rotatable bonds is 7. The molecule has 2 unspecified atom stereocenters. The summed E-state index contributed by atoms with van der Waals surface area (Å²) in [5.74, 6) is 0.902. The number of methoxy groups -OCH3 is 3. The van der Waals surface area contributed by atoms with Crippen LogP contribution < -0.4 is 24.7 Å². The first-order valence-electron chi connectivity index (χ1n) is 9.28. The number of carbonyl (C=O) groups is 1. The Morgan fingerprint density at radius 3 is 2.17 bits per heavy atom. The summed E-state index contributed by atoms with van der Waals surface area (Å²) in [5, 5.41) is 8.23. The monoisotopic (exact) mass is 434 g/mol. The van der Waals surface area contributed by atoms with Crippen LogP contribution in [-0.4, -0.2) is 41.7 Å². The number of hydrogen-bond acceptors (Lipinski definition) is 6. The van der Waals surface area contributed by atoms with Crippen molar-refractivity contribution in [2.75, 3.05) is 21.3 Å². The molecule has 1 saturated carbocycles. The van der Waals surface area contributed by atoms with Crippen molar-refractivity contribution in [2.45, 2.75) is 30.7 Å². The molecule has 3 rings (SSSR count). The molecule has 0 aromatic heterocycles. The average molecular weight is 435 g/mol. The fourth-order valence-corrected chi connectivity index (χ4v) is 4.35. The Kier molecular flexibility index (Phi) is 5.70. The Hall–Kier alpha value is -2.78. The van der Waals surface area contributed by atoms with Gasteiger partial charge in [-0.3, -0.25) is 4.79 Å². The third-order valence-corrected chi connectivity index (χ3v) is 6.54. The van der Waals surface area contributed by atoms with Crippen molar-refractivity contribution in [1.82, 2.24) is 5.32 Å². The van der Waals surface area contributed by atoms with Crippen LogP contribution in [-0.2, 0) is 10.0 Å². The van der Waals surface area contributed by atoms with Gasteiger partial charge in [-0.25, -0.2) is 13.6 Å². The van der Waals surface area contributed by atoms with E-state index in [1.54, 1.807) is 24.3 Å². The summed E-state index contributed by atoms with van der Waals surface area (Å²) in [4.78, 5) is 13.1. The summed E-state index contributed by atoms with van der Waals surface area (Å²) in [7, 11) is 0.718. The predicted molar refractivity (Wildman–Crippen MR) is 112 cm³/mol. The van der Waals surface area contributed by atoms with E-state index < -0.39 is 10.0 Å². The number of nitrogens with two attached hydrogens (primary N) is 1. The van der Waals surface area contributed by atoms with Gasteiger partial charge in [0.25, 0.3) is 5.91 Å². The van der Waals surface area contributed by atoms with Gasteiger partial charge in [0.2, 0.25) is 10.0 Å². The molecule has 30 heavy (non-hydrogen) atoms. The number of benzene rings is 2. The number of amides is 1. The minimum atomic E-state index is -3.75. The summed E-state index contributed by atoms with van der Waals surface area (Å²) in [6, 6.07) is 9.52. The van der Waals surface area contributed by atoms with Crippen LogP contribution in [0.15, 0.2) is 41.3 Å². The molecule has 1 aliphatic rings. The van der Waals surface area contributed by atoms with Crippen LogP contribution >= 0.6 is 0 Å². The van der Waals surface area contributed by atoms with E-state index in [1.807, 2.05) is 13.8 Å². The smallest absolute Gasteiger partial charge is 0.255 e. The minimum Gasteiger partial charge on any atom is -0.497 e. The summed E-state index contributed by atoms with van der Waals surface area (Å²) >= 11 is 0. The second-order valence-electron chi connectivity index (χ2n) is 7.77. The number of ether oxygens (including phenoxy) is 3. The summed E-state index contributed by atoms with van der Waals surface area (Å²) in [5.41, 5.74) is 1.02. The lowest BCUT2D eigenvalue weighted by molar-refractivity contribution is 0.0941. The van der Waals surface area contributed by atoms with Crippen molar-refractivity contribution in [1.29, 1.82) is 0 Å². The lowest BCUT2D eigenvalue weighted by Gasteiger charge is -2.15. The molecular formula is C21H26N2O6S. The summed E-state index contributed by atoms with van der Waals surface area (Å²) < 4.78 is 38.9. The third kappa shape index (κ3) is 3.95. The van der Waals surface area contributed by atoms with E-state index >= 15 is 0 Å². The highest BCUT2D eigenvalue weighted by molar-refractivity contribution is 7.89. The molecule has 0 aliphatic heterocycles. The minimum absolute atomic E-state index is 0.0227. The molecular weight excluding hydrogens is 408 g/mol. The van der Waals surface area contributed by atoms with E-state index in [0.717, 1.165) is 5.56 Å². The van der Waals surface area contributed by atoms with E-state index in [-0.39, 0.29) is 28.2 Å². The van der Waals surface area contributed by atoms with Crippen LogP contribution in [0.25, 0.3) is 0 Å². The first-order valence-corrected chi connectivity index (χ1v) is 10.8. The van der Waals surface area contributed by atoms with Gasteiger partial charge in [0.05, 0.1) is 31.8 Å². The first-order chi connectivity index (χ1) is 14.0. The topological polar surface area (TPSA) is 117 Å². The highest BCUT2D eigenvalue weighted by atomic mass is 32.2. The van der Waals surface area contributed by atoms with E-state index in [2.05, 4.69) is 5.32 Å². The van der Waals surface area contributed by atoms with Crippen molar-refractivity contribution < 1.29 is 27.4 Å². The number of hydrogen-bond donors (Lipinski definition) is 2. The lowest BCUT2D eigenvalue weighted by atomic mass is 10.0. The predicted octanol–water partition coefficient (Wildman–Crippen LogP) is 2.28. The molecule has 1 amide bonds. The Bertz CT molecular complexity index is 1060. The lowest BCUT2D eigenvalue weighted by Crippen LogP contribution is -2.29. The van der Waals surface area contributed by atoms with Gasteiger partial charge in [0.15, 0.2) is 11.5 Å². The maximum Gasteiger partial charge on any atom is 0.255 e. The van der Waals surface area contributed by atoms with Crippen molar-refractivity contribution in [2.24, 2.45) is 10.6 Å². The summed E-state index contributed by atoms with van der Waals surface area (Å²) in [6.45, 7) is 4.08. The second-order valence-corrected chi connectivity index (χ2v) is 9.34. The van der Waals surface area contributed by atoms with Crippen molar-refractivity contribution >= 4 is 15.9 Å². The maximum absolute atomic E-state index is 13.1. The normalized spacial score (nSPS) is 19.7. The molecule has 1 aliphatic carbocycles. The molecule has 0 bridgehead atoms. The highest BCUT2D eigenvalue weighted by Crippen LogP contribution is 2.58. The molecule has 2 aromatic rings. The number of nitrogens with one attached hydrogen (secondary N) is 1. The van der Waals surface area contributed by atoms with Gasteiger partial charge in [-0.1, -0.05) is 26.0 Å². The molecule has 2 atom stereocenters. The van der Waals surface area contributed by atoms with E-state index in [0.29, 0.717) is 22.8 Å². The maximum atomic E-state index is 13.1. The first kappa shape index (κ1) is 21.9. The van der Waals surface area contributed by atoms with Gasteiger partial charge >= 0.3 is 0 Å². The van der Waals surface area contributed by atoms with Crippen LogP contribution in [0, 0.1) is 5.41 Å². The van der Waals surface area contributed by atoms with Gasteiger partial charge in [-0.15, -0.1) is 0 Å². The van der Waals surface area contributed by atoms with Crippen LogP contribution in [0.4, 0.5) is 0 Å². The Morgan fingerprint density at radius 1 is 1.03 bits per heavy atom. The van der Waals surface area contributed by atoms with Gasteiger partial charge in [0.1, 0.15) is 5.75 Å². The molecule has 9 heteroatoms. The molecule has 1 fully saturated rings. The van der Waals surface area contributed by atoms with Gasteiger partial charge in [-0.2, -0.15) is 0 Å². The standard InChI is InChI=1S/C21H26N2O6S/c1-21(2)17(12-6-8-14(9-7-12)30(22,25)26)19(21)23-20(24)15-10-13(27-3)11-16(28-4)18(15)29-5/h6-11,17,19H,1-5H3,(H,23,24)(H2,22,25,26). The molecule has 0 radical (unpaired) electrons. The Balaban J connectivity index is 1.86. The van der Waals surface area contributed by atoms with Crippen molar-refractivity contribution in [3.05, 3.63) is 47.5 Å². The Morgan fingerprint density at radius 2 is 1.67 bits per heavy atom. The fraction of sp³-hybridized carbons (Fsp3) is 0.381. The van der Waals surface area contributed by atoms with E-state index in [4.69, 9.17) is 19.3 Å². The molecule has 162 valence electrons. The summed E-state index contributed by atoms with van der Waals surface area (Å²) in [6.07, 6.45) is 0. The quantitative estimate of drug-likeness (QED) is 0.690. The Labute approximate surface area is 176 Å². The molecule has 8 nitrogen and oxygen atoms in total. The van der Waals surface area contributed by atoms with Crippen LogP contribution in [0.2, 0.25) is 0 Å². The molecule has 0 saturated heterocycles. The molecule has 0 heterocycles. The number of primary sulfonamides is 1. The van der Waals surface area contributed by atoms with Gasteiger partial charge in [0, 0.05) is 18.0 Å². The fourth-order valence-electron chi connectivity index (χ4n) is 3.84. The number of carbonyl (C=O) groups excluding carboxylic acids is 1. The van der Waals surface area contributed by atoms with E-state index in [1.165, 1.54) is 33.5 Å². The highest BCUT2D eigenvalue weighted by Gasteiger charge is 2.59. The third-order valence-electron chi connectivity index (χ3n) is 5.61. The zero-order chi connectivity index (χ0) is 22.3. The SMILES string of the molecule is COc1cc(OC)c(OC)c(C(=O)NC2C(c3ccc(S(N)(=O)=O)cc3)C2(C)C)c1. The van der Waals surface area contributed by atoms with E-state index in [9.17, 15) is 13.2 Å². The van der Waals surface area contributed by atoms with Crippen LogP contribution in [0.1, 0.15) is 35.7 Å². The number of sulfonamides is 1. The van der Waals surface area contributed by atoms with Crippen molar-refractivity contribution in [3.8, 4) is 17.2 Å². The average Bonchev–Trinajstić information content (AvgIpc) is 3.25.